The molecule has 18 heavy (non-hydrogen) atoms. The van der Waals surface area contributed by atoms with Crippen molar-refractivity contribution in [2.75, 3.05) is 19.6 Å². The highest BCUT2D eigenvalue weighted by molar-refractivity contribution is 5.82. The molecule has 6 heteroatoms. The molecule has 100 valence electrons. The van der Waals surface area contributed by atoms with Gasteiger partial charge in [-0.05, 0) is 25.8 Å². The number of nitrogens with zero attached hydrogens (tertiary/aromatic N) is 2. The summed E-state index contributed by atoms with van der Waals surface area (Å²) in [6.07, 6.45) is 2.15. The number of likely N-dealkylation sites (tertiary alicyclic amines) is 1. The largest absolute Gasteiger partial charge is 0.480 e. The quantitative estimate of drug-likeness (QED) is 0.666. The molecule has 1 unspecified atom stereocenters. The van der Waals surface area contributed by atoms with E-state index in [1.54, 1.807) is 4.90 Å². The zero-order valence-electron chi connectivity index (χ0n) is 10.6. The summed E-state index contributed by atoms with van der Waals surface area (Å²) in [5.41, 5.74) is -0.896. The van der Waals surface area contributed by atoms with Crippen LogP contribution in [0.4, 0.5) is 0 Å². The zero-order valence-corrected chi connectivity index (χ0v) is 10.6. The number of carbonyl (C=O) groups excluding carboxylic acids is 1. The van der Waals surface area contributed by atoms with Gasteiger partial charge in [0.15, 0.2) is 0 Å². The van der Waals surface area contributed by atoms with Crippen molar-refractivity contribution in [1.29, 1.82) is 5.26 Å². The van der Waals surface area contributed by atoms with Gasteiger partial charge in [0.05, 0.1) is 19.0 Å². The van der Waals surface area contributed by atoms with Gasteiger partial charge in [-0.15, -0.1) is 0 Å². The standard InChI is InChI=1S/C12H19N3O3/c1-2-12(11(17)18)5-3-8-15(12)9-10(16)14-7-4-6-13/h2-5,7-9H2,1H3,(H,14,16)(H,17,18). The Morgan fingerprint density at radius 1 is 1.56 bits per heavy atom. The van der Waals surface area contributed by atoms with Gasteiger partial charge < -0.3 is 10.4 Å². The summed E-state index contributed by atoms with van der Waals surface area (Å²) in [6.45, 7) is 2.87. The summed E-state index contributed by atoms with van der Waals surface area (Å²) in [5.74, 6) is -1.07. The highest BCUT2D eigenvalue weighted by Gasteiger charge is 2.46. The van der Waals surface area contributed by atoms with Gasteiger partial charge in [-0.25, -0.2) is 0 Å². The Hall–Kier alpha value is -1.61. The minimum Gasteiger partial charge on any atom is -0.480 e. The van der Waals surface area contributed by atoms with Crippen LogP contribution < -0.4 is 5.32 Å². The fraction of sp³-hybridized carbons (Fsp3) is 0.750. The van der Waals surface area contributed by atoms with Crippen molar-refractivity contribution in [3.05, 3.63) is 0 Å². The summed E-state index contributed by atoms with van der Waals surface area (Å²) < 4.78 is 0. The molecule has 1 amide bonds. The van der Waals surface area contributed by atoms with Crippen molar-refractivity contribution in [3.63, 3.8) is 0 Å². The second-order valence-electron chi connectivity index (χ2n) is 4.47. The first kappa shape index (κ1) is 14.5. The molecule has 1 fully saturated rings. The number of nitrogens with one attached hydrogen (secondary N) is 1. The second-order valence-corrected chi connectivity index (χ2v) is 4.47. The van der Waals surface area contributed by atoms with Crippen LogP contribution in [0.25, 0.3) is 0 Å². The lowest BCUT2D eigenvalue weighted by Gasteiger charge is -2.33. The smallest absolute Gasteiger partial charge is 0.324 e. The van der Waals surface area contributed by atoms with Gasteiger partial charge in [-0.1, -0.05) is 6.92 Å². The van der Waals surface area contributed by atoms with Crippen molar-refractivity contribution >= 4 is 11.9 Å². The van der Waals surface area contributed by atoms with Crippen LogP contribution >= 0.6 is 0 Å². The molecule has 0 radical (unpaired) electrons. The predicted octanol–water partition coefficient (Wildman–Crippen LogP) is 0.345. The van der Waals surface area contributed by atoms with Crippen molar-refractivity contribution in [2.45, 2.75) is 38.1 Å². The Balaban J connectivity index is 2.57. The third kappa shape index (κ3) is 2.99. The van der Waals surface area contributed by atoms with Crippen LogP contribution in [0.1, 0.15) is 32.6 Å². The van der Waals surface area contributed by atoms with Crippen LogP contribution in [-0.2, 0) is 9.59 Å². The molecule has 2 N–H and O–H groups in total. The SMILES string of the molecule is CCC1(C(=O)O)CCCN1CC(=O)NCCC#N. The van der Waals surface area contributed by atoms with Gasteiger partial charge in [0, 0.05) is 6.54 Å². The molecule has 1 aliphatic heterocycles. The molecular formula is C12H19N3O3. The molecule has 1 aliphatic rings. The fourth-order valence-electron chi connectivity index (χ4n) is 2.45. The molecule has 6 nitrogen and oxygen atoms in total. The van der Waals surface area contributed by atoms with Crippen LogP contribution in [0.5, 0.6) is 0 Å². The van der Waals surface area contributed by atoms with Crippen molar-refractivity contribution in [1.82, 2.24) is 10.2 Å². The van der Waals surface area contributed by atoms with Crippen LogP contribution in [0.2, 0.25) is 0 Å². The maximum atomic E-state index is 11.6. The van der Waals surface area contributed by atoms with E-state index in [2.05, 4.69) is 5.32 Å². The molecule has 0 aliphatic carbocycles. The molecule has 0 aromatic carbocycles. The summed E-state index contributed by atoms with van der Waals surface area (Å²) in [6, 6.07) is 1.94. The molecule has 0 spiro atoms. The van der Waals surface area contributed by atoms with Gasteiger partial charge >= 0.3 is 5.97 Å². The first-order valence-electron chi connectivity index (χ1n) is 6.19. The molecular weight excluding hydrogens is 234 g/mol. The molecule has 1 heterocycles. The molecule has 0 aromatic rings. The average Bonchev–Trinajstić information content (AvgIpc) is 2.73. The van der Waals surface area contributed by atoms with E-state index in [1.807, 2.05) is 13.0 Å². The number of hydrogen-bond acceptors (Lipinski definition) is 4. The van der Waals surface area contributed by atoms with Crippen molar-refractivity contribution in [3.8, 4) is 6.07 Å². The third-order valence-corrected chi connectivity index (χ3v) is 3.50. The molecule has 0 bridgehead atoms. The van der Waals surface area contributed by atoms with E-state index in [9.17, 15) is 14.7 Å². The minimum absolute atomic E-state index is 0.0889. The number of aliphatic carboxylic acids is 1. The topological polar surface area (TPSA) is 93.4 Å². The number of carboxylic acid groups (broad SMARTS) is 1. The first-order valence-corrected chi connectivity index (χ1v) is 6.19. The Morgan fingerprint density at radius 3 is 2.83 bits per heavy atom. The molecule has 1 atom stereocenters. The normalized spacial score (nSPS) is 23.6. The van der Waals surface area contributed by atoms with E-state index in [0.29, 0.717) is 25.9 Å². The van der Waals surface area contributed by atoms with Crippen LogP contribution in [0, 0.1) is 11.3 Å². The van der Waals surface area contributed by atoms with Crippen molar-refractivity contribution in [2.24, 2.45) is 0 Å². The van der Waals surface area contributed by atoms with E-state index < -0.39 is 11.5 Å². The number of carboxylic acids is 1. The molecule has 1 saturated heterocycles. The lowest BCUT2D eigenvalue weighted by Crippen LogP contribution is -2.53. The summed E-state index contributed by atoms with van der Waals surface area (Å²) >= 11 is 0. The Morgan fingerprint density at radius 2 is 2.28 bits per heavy atom. The highest BCUT2D eigenvalue weighted by atomic mass is 16.4. The Labute approximate surface area is 107 Å². The lowest BCUT2D eigenvalue weighted by atomic mass is 9.93. The number of carbonyl (C=O) groups is 2. The van der Waals surface area contributed by atoms with Gasteiger partial charge in [-0.2, -0.15) is 5.26 Å². The number of amides is 1. The Kier molecular flexibility index (Phi) is 5.10. The number of rotatable bonds is 6. The van der Waals surface area contributed by atoms with Gasteiger partial charge in [0.1, 0.15) is 5.54 Å². The fourth-order valence-corrected chi connectivity index (χ4v) is 2.45. The first-order chi connectivity index (χ1) is 8.56. The molecule has 0 aromatic heterocycles. The van der Waals surface area contributed by atoms with E-state index in [-0.39, 0.29) is 18.9 Å². The minimum atomic E-state index is -0.896. The van der Waals surface area contributed by atoms with Gasteiger partial charge in [0.25, 0.3) is 0 Å². The average molecular weight is 253 g/mol. The summed E-state index contributed by atoms with van der Waals surface area (Å²) in [5, 5.41) is 20.3. The van der Waals surface area contributed by atoms with Crippen molar-refractivity contribution < 1.29 is 14.7 Å². The zero-order chi connectivity index (χ0) is 13.6. The lowest BCUT2D eigenvalue weighted by molar-refractivity contribution is -0.150. The van der Waals surface area contributed by atoms with Crippen LogP contribution in [0.3, 0.4) is 0 Å². The predicted molar refractivity (Wildman–Crippen MR) is 64.7 cm³/mol. The number of nitriles is 1. The van der Waals surface area contributed by atoms with Gasteiger partial charge in [0.2, 0.25) is 5.91 Å². The summed E-state index contributed by atoms with van der Waals surface area (Å²) in [7, 11) is 0. The molecule has 0 saturated carbocycles. The Bertz CT molecular complexity index is 364. The maximum Gasteiger partial charge on any atom is 0.324 e. The van der Waals surface area contributed by atoms with E-state index >= 15 is 0 Å². The second kappa shape index (κ2) is 6.36. The number of hydrogen-bond donors (Lipinski definition) is 2. The van der Waals surface area contributed by atoms with E-state index in [0.717, 1.165) is 6.42 Å². The van der Waals surface area contributed by atoms with E-state index in [1.165, 1.54) is 0 Å². The van der Waals surface area contributed by atoms with Crippen LogP contribution in [-0.4, -0.2) is 47.1 Å². The van der Waals surface area contributed by atoms with Crippen LogP contribution in [0.15, 0.2) is 0 Å². The van der Waals surface area contributed by atoms with E-state index in [4.69, 9.17) is 5.26 Å². The highest BCUT2D eigenvalue weighted by Crippen LogP contribution is 2.32. The summed E-state index contributed by atoms with van der Waals surface area (Å²) in [4.78, 5) is 24.8. The third-order valence-electron chi connectivity index (χ3n) is 3.50. The monoisotopic (exact) mass is 253 g/mol. The molecule has 1 rings (SSSR count). The van der Waals surface area contributed by atoms with Gasteiger partial charge in [-0.3, -0.25) is 14.5 Å². The maximum absolute atomic E-state index is 11.6.